The summed E-state index contributed by atoms with van der Waals surface area (Å²) < 4.78 is 0. The molecule has 1 fully saturated rings. The molecule has 0 radical (unpaired) electrons. The number of hydrogen-bond acceptors (Lipinski definition) is 4. The predicted molar refractivity (Wildman–Crippen MR) is 82.0 cm³/mol. The minimum absolute atomic E-state index is 0.00801. The number of fused-ring (bicyclic) bond motifs is 1. The van der Waals surface area contributed by atoms with E-state index in [1.54, 1.807) is 11.8 Å². The van der Waals surface area contributed by atoms with Gasteiger partial charge in [-0.05, 0) is 18.7 Å². The third-order valence-corrected chi connectivity index (χ3v) is 5.42. The molecule has 3 rings (SSSR count). The van der Waals surface area contributed by atoms with E-state index in [2.05, 4.69) is 24.1 Å². The van der Waals surface area contributed by atoms with Crippen LogP contribution in [0.15, 0.2) is 29.2 Å². The zero-order valence-electron chi connectivity index (χ0n) is 11.8. The molecule has 2 atom stereocenters. The fourth-order valence-electron chi connectivity index (χ4n) is 3.07. The fraction of sp³-hybridized carbons (Fsp3) is 0.533. The lowest BCUT2D eigenvalue weighted by Crippen LogP contribution is -2.57. The van der Waals surface area contributed by atoms with E-state index in [9.17, 15) is 4.79 Å². The van der Waals surface area contributed by atoms with Gasteiger partial charge in [0.2, 0.25) is 5.91 Å². The number of carbonyl (C=O) groups is 1. The van der Waals surface area contributed by atoms with Crippen molar-refractivity contribution in [2.45, 2.75) is 16.9 Å². The Bertz CT molecular complexity index is 508. The van der Waals surface area contributed by atoms with Crippen molar-refractivity contribution in [3.8, 4) is 0 Å². The Labute approximate surface area is 124 Å². The maximum atomic E-state index is 12.9. The van der Waals surface area contributed by atoms with Gasteiger partial charge in [-0.15, -0.1) is 11.8 Å². The molecular weight excluding hydrogens is 270 g/mol. The van der Waals surface area contributed by atoms with Crippen LogP contribution in [0, 0.1) is 0 Å². The number of nitrogens with zero attached hydrogens (tertiary/aromatic N) is 2. The van der Waals surface area contributed by atoms with Crippen molar-refractivity contribution in [1.82, 2.24) is 9.80 Å². The summed E-state index contributed by atoms with van der Waals surface area (Å²) in [7, 11) is 2.09. The van der Waals surface area contributed by atoms with E-state index in [0.717, 1.165) is 25.4 Å². The quantitative estimate of drug-likeness (QED) is 0.882. The van der Waals surface area contributed by atoms with Crippen molar-refractivity contribution < 1.29 is 4.79 Å². The van der Waals surface area contributed by atoms with Gasteiger partial charge >= 0.3 is 0 Å². The molecule has 0 spiro atoms. The van der Waals surface area contributed by atoms with Gasteiger partial charge in [0.25, 0.3) is 0 Å². The summed E-state index contributed by atoms with van der Waals surface area (Å²) in [6, 6.07) is 8.41. The first kappa shape index (κ1) is 13.9. The highest BCUT2D eigenvalue weighted by Gasteiger charge is 2.36. The smallest absolute Gasteiger partial charge is 0.231 e. The van der Waals surface area contributed by atoms with Gasteiger partial charge in [0.05, 0.1) is 12.0 Å². The van der Waals surface area contributed by atoms with E-state index in [-0.39, 0.29) is 17.9 Å². The molecule has 4 nitrogen and oxygen atoms in total. The molecule has 2 aliphatic rings. The minimum atomic E-state index is 0.00801. The summed E-state index contributed by atoms with van der Waals surface area (Å²) in [5.74, 6) is 1.13. The molecule has 2 unspecified atom stereocenters. The largest absolute Gasteiger partial charge is 0.335 e. The summed E-state index contributed by atoms with van der Waals surface area (Å²) in [4.78, 5) is 18.4. The second-order valence-corrected chi connectivity index (χ2v) is 6.65. The van der Waals surface area contributed by atoms with Crippen LogP contribution in [0.1, 0.15) is 11.5 Å². The number of carbonyl (C=O) groups excluding carboxylic acids is 1. The number of piperazine rings is 1. The Morgan fingerprint density at radius 3 is 3.00 bits per heavy atom. The molecule has 1 aromatic carbocycles. The summed E-state index contributed by atoms with van der Waals surface area (Å²) >= 11 is 1.79. The summed E-state index contributed by atoms with van der Waals surface area (Å²) in [6.07, 6.45) is 0. The number of hydrogen-bond donors (Lipinski definition) is 1. The minimum Gasteiger partial charge on any atom is -0.335 e. The Hall–Kier alpha value is -1.04. The molecular formula is C15H21N3OS. The molecule has 20 heavy (non-hydrogen) atoms. The van der Waals surface area contributed by atoms with Crippen LogP contribution in [-0.2, 0) is 4.79 Å². The Kier molecular flexibility index (Phi) is 4.01. The van der Waals surface area contributed by atoms with Crippen LogP contribution in [-0.4, -0.2) is 60.7 Å². The topological polar surface area (TPSA) is 49.6 Å². The van der Waals surface area contributed by atoms with Crippen LogP contribution in [0.2, 0.25) is 0 Å². The van der Waals surface area contributed by atoms with Crippen molar-refractivity contribution in [1.29, 1.82) is 0 Å². The maximum Gasteiger partial charge on any atom is 0.231 e. The van der Waals surface area contributed by atoms with E-state index in [1.165, 1.54) is 10.5 Å². The zero-order chi connectivity index (χ0) is 14.1. The molecule has 0 aromatic heterocycles. The van der Waals surface area contributed by atoms with E-state index < -0.39 is 0 Å². The molecule has 2 aliphatic heterocycles. The van der Waals surface area contributed by atoms with Crippen LogP contribution in [0.25, 0.3) is 0 Å². The van der Waals surface area contributed by atoms with E-state index in [1.807, 2.05) is 17.0 Å². The third-order valence-electron chi connectivity index (χ3n) is 4.24. The summed E-state index contributed by atoms with van der Waals surface area (Å²) in [5.41, 5.74) is 7.05. The van der Waals surface area contributed by atoms with Crippen molar-refractivity contribution in [3.05, 3.63) is 29.8 Å². The lowest BCUT2D eigenvalue weighted by Gasteiger charge is -2.40. The van der Waals surface area contributed by atoms with Gasteiger partial charge < -0.3 is 15.5 Å². The highest BCUT2D eigenvalue weighted by atomic mass is 32.2. The normalized spacial score (nSPS) is 26.6. The number of benzene rings is 1. The van der Waals surface area contributed by atoms with Crippen molar-refractivity contribution >= 4 is 17.7 Å². The Morgan fingerprint density at radius 2 is 2.20 bits per heavy atom. The highest BCUT2D eigenvalue weighted by Crippen LogP contribution is 2.40. The first-order chi connectivity index (χ1) is 9.70. The lowest BCUT2D eigenvalue weighted by atomic mass is 9.98. The average molecular weight is 291 g/mol. The van der Waals surface area contributed by atoms with Gasteiger partial charge in [-0.3, -0.25) is 4.79 Å². The van der Waals surface area contributed by atoms with Gasteiger partial charge in [-0.2, -0.15) is 0 Å². The van der Waals surface area contributed by atoms with Gasteiger partial charge in [0.1, 0.15) is 0 Å². The first-order valence-corrected chi connectivity index (χ1v) is 8.10. The van der Waals surface area contributed by atoms with E-state index >= 15 is 0 Å². The second-order valence-electron chi connectivity index (χ2n) is 5.58. The summed E-state index contributed by atoms with van der Waals surface area (Å²) in [6.45, 7) is 3.14. The second kappa shape index (κ2) is 5.76. The Balaban J connectivity index is 1.79. The molecule has 2 N–H and O–H groups in total. The van der Waals surface area contributed by atoms with Crippen LogP contribution in [0.4, 0.5) is 0 Å². The third kappa shape index (κ3) is 2.45. The SMILES string of the molecule is CN1CCN(C(=O)C2CSc3ccccc32)C(CN)C1. The molecule has 5 heteroatoms. The van der Waals surface area contributed by atoms with Gasteiger partial charge in [-0.1, -0.05) is 18.2 Å². The highest BCUT2D eigenvalue weighted by molar-refractivity contribution is 7.99. The molecule has 1 saturated heterocycles. The molecule has 0 saturated carbocycles. The maximum absolute atomic E-state index is 12.9. The molecule has 1 aromatic rings. The number of thioether (sulfide) groups is 1. The molecule has 0 bridgehead atoms. The molecule has 108 valence electrons. The molecule has 1 amide bonds. The number of nitrogens with two attached hydrogens (primary N) is 1. The van der Waals surface area contributed by atoms with E-state index in [0.29, 0.717) is 6.54 Å². The summed E-state index contributed by atoms with van der Waals surface area (Å²) in [5, 5.41) is 0. The number of amides is 1. The van der Waals surface area contributed by atoms with Crippen LogP contribution < -0.4 is 5.73 Å². The average Bonchev–Trinajstić information content (AvgIpc) is 2.90. The van der Waals surface area contributed by atoms with Crippen molar-refractivity contribution in [3.63, 3.8) is 0 Å². The number of likely N-dealkylation sites (N-methyl/N-ethyl adjacent to an activating group) is 1. The van der Waals surface area contributed by atoms with Crippen LogP contribution in [0.3, 0.4) is 0 Å². The molecule has 0 aliphatic carbocycles. The van der Waals surface area contributed by atoms with E-state index in [4.69, 9.17) is 5.73 Å². The first-order valence-electron chi connectivity index (χ1n) is 7.11. The van der Waals surface area contributed by atoms with Gasteiger partial charge in [0.15, 0.2) is 0 Å². The molecule has 2 heterocycles. The monoisotopic (exact) mass is 291 g/mol. The van der Waals surface area contributed by atoms with Crippen LogP contribution in [0.5, 0.6) is 0 Å². The number of rotatable bonds is 2. The lowest BCUT2D eigenvalue weighted by molar-refractivity contribution is -0.136. The standard InChI is InChI=1S/C15H21N3OS/c1-17-6-7-18(11(8-16)9-17)15(19)13-10-20-14-5-3-2-4-12(13)14/h2-5,11,13H,6-10,16H2,1H3. The van der Waals surface area contributed by atoms with Crippen molar-refractivity contribution in [2.75, 3.05) is 39.0 Å². The van der Waals surface area contributed by atoms with Gasteiger partial charge in [0, 0.05) is 36.8 Å². The zero-order valence-corrected chi connectivity index (χ0v) is 12.6. The Morgan fingerprint density at radius 1 is 1.40 bits per heavy atom. The predicted octanol–water partition coefficient (Wildman–Crippen LogP) is 0.977. The van der Waals surface area contributed by atoms with Crippen LogP contribution >= 0.6 is 11.8 Å². The fourth-order valence-corrected chi connectivity index (χ4v) is 4.29. The van der Waals surface area contributed by atoms with Gasteiger partial charge in [-0.25, -0.2) is 0 Å². The van der Waals surface area contributed by atoms with Crippen molar-refractivity contribution in [2.24, 2.45) is 5.73 Å².